The van der Waals surface area contributed by atoms with Gasteiger partial charge in [-0.3, -0.25) is 18.9 Å². The Bertz CT molecular complexity index is 813. The van der Waals surface area contributed by atoms with Crippen molar-refractivity contribution in [2.24, 2.45) is 0 Å². The number of alkyl halides is 1. The Balaban J connectivity index is 2.45. The summed E-state index contributed by atoms with van der Waals surface area (Å²) < 4.78 is 41.7. The summed E-state index contributed by atoms with van der Waals surface area (Å²) in [6.07, 6.45) is -7.35. The van der Waals surface area contributed by atoms with Crippen LogP contribution in [0.4, 0.5) is 4.39 Å². The molecule has 0 aliphatic carbocycles. The van der Waals surface area contributed by atoms with Crippen LogP contribution in [0.25, 0.3) is 0 Å². The fourth-order valence-electron chi connectivity index (χ4n) is 1.76. The molecule has 2 rings (SSSR count). The fourth-order valence-corrected chi connectivity index (χ4v) is 2.24. The molecule has 1 aliphatic rings. The van der Waals surface area contributed by atoms with Gasteiger partial charge in [0.15, 0.2) is 6.20 Å². The maximum absolute atomic E-state index is 14.5. The van der Waals surface area contributed by atoms with E-state index < -0.39 is 55.0 Å². The van der Waals surface area contributed by atoms with E-state index in [1.54, 1.807) is 4.98 Å². The molecule has 1 aromatic heterocycles. The van der Waals surface area contributed by atoms with Gasteiger partial charge >= 0.3 is 13.5 Å². The molecule has 1 aromatic rings. The zero-order valence-electron chi connectivity index (χ0n) is 11.9. The first-order valence-corrected chi connectivity index (χ1v) is 7.68. The number of aromatic amines is 1. The first kappa shape index (κ1) is 16.7. The number of aliphatic hydroxyl groups is 2. The van der Waals surface area contributed by atoms with Crippen molar-refractivity contribution in [3.63, 3.8) is 0 Å². The minimum absolute atomic E-state index is 0.198. The summed E-state index contributed by atoms with van der Waals surface area (Å²) >= 11 is 5.49. The second-order valence-electron chi connectivity index (χ2n) is 4.49. The normalized spacial score (nSPS) is 35.3. The van der Waals surface area contributed by atoms with Gasteiger partial charge in [0.25, 0.3) is 11.4 Å². The fraction of sp³-hybridized carbons (Fsp3) is 0.556. The zero-order valence-corrected chi connectivity index (χ0v) is 12.6. The number of phosphoric ester groups is 1. The number of nitrogens with one attached hydrogen (secondary N) is 1. The van der Waals surface area contributed by atoms with E-state index >= 15 is 0 Å². The molecule has 23 heavy (non-hydrogen) atoms. The molecule has 0 amide bonds. The highest BCUT2D eigenvalue weighted by Gasteiger charge is 2.57. The van der Waals surface area contributed by atoms with E-state index in [4.69, 9.17) is 22.8 Å². The molecular weight excluding hydrogens is 366 g/mol. The summed E-state index contributed by atoms with van der Waals surface area (Å²) in [6, 6.07) is 0. The van der Waals surface area contributed by atoms with Crippen molar-refractivity contribution >= 4 is 19.4 Å². The largest absolute Gasteiger partial charge is 0.469 e. The van der Waals surface area contributed by atoms with Gasteiger partial charge in [-0.05, 0) is 0 Å². The molecular formula is C9H11ClFN2O9P. The molecule has 5 N–H and O–H groups in total. The summed E-state index contributed by atoms with van der Waals surface area (Å²) in [5, 5.41) is 19.0. The summed E-state index contributed by atoms with van der Waals surface area (Å²) in [4.78, 5) is 41.8. The first-order valence-electron chi connectivity index (χ1n) is 6.27. The number of ether oxygens (including phenoxy) is 1. The molecule has 0 saturated carbocycles. The van der Waals surface area contributed by atoms with Gasteiger partial charge in [-0.25, -0.2) is 13.8 Å². The van der Waals surface area contributed by atoms with Crippen LogP contribution in [-0.2, 0) is 13.8 Å². The molecule has 11 nitrogen and oxygen atoms in total. The van der Waals surface area contributed by atoms with Gasteiger partial charge in [0, 0.05) is 6.20 Å². The number of halogens is 2. The van der Waals surface area contributed by atoms with Crippen LogP contribution in [0.15, 0.2) is 15.8 Å². The Labute approximate surface area is 132 Å². The molecule has 0 unspecified atom stereocenters. The molecule has 1 saturated heterocycles. The summed E-state index contributed by atoms with van der Waals surface area (Å²) in [5.74, 6) is -3.44. The Kier molecular flexibility index (Phi) is 4.42. The number of H-pyrrole nitrogens is 1. The quantitative estimate of drug-likeness (QED) is 0.380. The molecule has 130 valence electrons. The Morgan fingerprint density at radius 3 is 2.74 bits per heavy atom. The number of hydrogen-bond donors (Lipinski definition) is 5. The van der Waals surface area contributed by atoms with Crippen LogP contribution >= 0.6 is 19.4 Å². The van der Waals surface area contributed by atoms with Gasteiger partial charge in [-0.1, -0.05) is 11.6 Å². The molecule has 4 atom stereocenters. The van der Waals surface area contributed by atoms with E-state index in [-0.39, 0.29) is 4.57 Å². The van der Waals surface area contributed by atoms with Crippen molar-refractivity contribution in [1.82, 2.24) is 9.55 Å². The van der Waals surface area contributed by atoms with Crippen molar-refractivity contribution in [2.75, 3.05) is 6.61 Å². The van der Waals surface area contributed by atoms with Crippen molar-refractivity contribution < 1.29 is 39.6 Å². The zero-order chi connectivity index (χ0) is 18.5. The molecule has 14 heteroatoms. The van der Waals surface area contributed by atoms with Crippen LogP contribution in [0.2, 0.25) is 5.02 Å². The average molecular weight is 378 g/mol. The Morgan fingerprint density at radius 1 is 1.57 bits per heavy atom. The molecule has 2 heterocycles. The lowest BCUT2D eigenvalue weighted by Crippen LogP contribution is -2.43. The van der Waals surface area contributed by atoms with Gasteiger partial charge < -0.3 is 24.7 Å². The van der Waals surface area contributed by atoms with Gasteiger partial charge in [0.1, 0.15) is 23.8 Å². The van der Waals surface area contributed by atoms with Crippen molar-refractivity contribution in [1.29, 1.82) is 0 Å². The van der Waals surface area contributed by atoms with E-state index in [9.17, 15) is 28.8 Å². The van der Waals surface area contributed by atoms with Crippen LogP contribution in [0.3, 0.4) is 0 Å². The third-order valence-electron chi connectivity index (χ3n) is 2.83. The van der Waals surface area contributed by atoms with Crippen LogP contribution in [-0.4, -0.2) is 54.2 Å². The van der Waals surface area contributed by atoms with Crippen LogP contribution < -0.4 is 11.2 Å². The number of phosphoric acid groups is 1. The number of aliphatic hydroxyl groups excluding tert-OH is 2. The van der Waals surface area contributed by atoms with E-state index in [0.29, 0.717) is 6.20 Å². The highest BCUT2D eigenvalue weighted by Crippen LogP contribution is 2.43. The lowest BCUT2D eigenvalue weighted by Gasteiger charge is -2.22. The lowest BCUT2D eigenvalue weighted by atomic mass is 10.1. The monoisotopic (exact) mass is 377 g/mol. The summed E-state index contributed by atoms with van der Waals surface area (Å²) in [7, 11) is -5.16. The van der Waals surface area contributed by atoms with Crippen LogP contribution in [0.1, 0.15) is 7.57 Å². The molecule has 1 fully saturated rings. The summed E-state index contributed by atoms with van der Waals surface area (Å²) in [5.41, 5.74) is -2.34. The minimum Gasteiger partial charge on any atom is -0.385 e. The number of aromatic nitrogens is 2. The first-order chi connectivity index (χ1) is 10.8. The van der Waals surface area contributed by atoms with E-state index in [0.717, 1.165) is 0 Å². The SMILES string of the molecule is [2H][C@@]1(n2cc(Cl)c(=O)[nH]c2=O)O[C@](F)(COP(=O)(O)O)[C@@H](O)[C@H]1O. The standard InChI is InChI=1S/C9H11ClFN2O9P/c10-3-1-13(8(17)12-6(3)16)7-4(14)5(15)9(11,22-7)2-21-23(18,19)20/h1,4-5,7,14-15H,2H2,(H,12,16,17)(H2,18,19,20)/t4-,5+,7-,9-/m1/s1/i7D. The van der Waals surface area contributed by atoms with E-state index in [1.165, 1.54) is 0 Å². The van der Waals surface area contributed by atoms with Crippen molar-refractivity contribution in [3.05, 3.63) is 32.1 Å². The van der Waals surface area contributed by atoms with Crippen LogP contribution in [0.5, 0.6) is 0 Å². The maximum atomic E-state index is 14.5. The average Bonchev–Trinajstić information content (AvgIpc) is 2.62. The molecule has 1 aliphatic heterocycles. The highest BCUT2D eigenvalue weighted by molar-refractivity contribution is 7.46. The number of nitrogens with zero attached hydrogens (tertiary/aromatic N) is 1. The molecule has 0 radical (unpaired) electrons. The van der Waals surface area contributed by atoms with Gasteiger partial charge in [-0.2, -0.15) is 0 Å². The lowest BCUT2D eigenvalue weighted by molar-refractivity contribution is -0.205. The third-order valence-corrected chi connectivity index (χ3v) is 3.57. The van der Waals surface area contributed by atoms with Gasteiger partial charge in [0.2, 0.25) is 0 Å². The minimum atomic E-state index is -5.16. The third kappa shape index (κ3) is 3.70. The Hall–Kier alpha value is -1.11. The maximum Gasteiger partial charge on any atom is 0.469 e. The second-order valence-corrected chi connectivity index (χ2v) is 6.13. The molecule has 0 bridgehead atoms. The molecule has 0 spiro atoms. The number of hydrogen-bond acceptors (Lipinski definition) is 7. The van der Waals surface area contributed by atoms with Crippen LogP contribution in [0, 0.1) is 0 Å². The van der Waals surface area contributed by atoms with Crippen molar-refractivity contribution in [2.45, 2.75) is 24.3 Å². The topological polar surface area (TPSA) is 171 Å². The summed E-state index contributed by atoms with van der Waals surface area (Å²) in [6.45, 7) is -1.55. The van der Waals surface area contributed by atoms with E-state index in [1.807, 2.05) is 0 Å². The predicted octanol–water partition coefficient (Wildman–Crippen LogP) is -1.78. The highest BCUT2D eigenvalue weighted by atomic mass is 35.5. The number of rotatable bonds is 4. The second kappa shape index (κ2) is 6.07. The Morgan fingerprint density at radius 2 is 2.17 bits per heavy atom. The predicted molar refractivity (Wildman–Crippen MR) is 70.3 cm³/mol. The van der Waals surface area contributed by atoms with Gasteiger partial charge in [-0.15, -0.1) is 0 Å². The smallest absolute Gasteiger partial charge is 0.385 e. The van der Waals surface area contributed by atoms with Crippen molar-refractivity contribution in [3.8, 4) is 0 Å². The molecule has 0 aromatic carbocycles. The van der Waals surface area contributed by atoms with Gasteiger partial charge in [0.05, 0.1) is 1.37 Å². The van der Waals surface area contributed by atoms with E-state index in [2.05, 4.69) is 9.26 Å².